The van der Waals surface area contributed by atoms with E-state index in [2.05, 4.69) is 0 Å². The Morgan fingerprint density at radius 1 is 1.58 bits per heavy atom. The Morgan fingerprint density at radius 3 is 2.67 bits per heavy atom. The van der Waals surface area contributed by atoms with Crippen LogP contribution in [0.1, 0.15) is 33.1 Å². The lowest BCUT2D eigenvalue weighted by molar-refractivity contribution is -0.154. The van der Waals surface area contributed by atoms with Crippen molar-refractivity contribution < 1.29 is 14.3 Å². The predicted octanol–water partition coefficient (Wildman–Crippen LogP) is 1.31. The van der Waals surface area contributed by atoms with Gasteiger partial charge in [-0.1, -0.05) is 0 Å². The van der Waals surface area contributed by atoms with Crippen LogP contribution in [0.4, 0.5) is 0 Å². The van der Waals surface area contributed by atoms with E-state index in [1.54, 1.807) is 13.8 Å². The summed E-state index contributed by atoms with van der Waals surface area (Å²) in [5.41, 5.74) is 0. The van der Waals surface area contributed by atoms with Crippen molar-refractivity contribution in [1.82, 2.24) is 0 Å². The molecule has 68 valence electrons. The van der Waals surface area contributed by atoms with E-state index in [1.807, 2.05) is 0 Å². The van der Waals surface area contributed by atoms with Crippen LogP contribution < -0.4 is 0 Å². The van der Waals surface area contributed by atoms with Gasteiger partial charge in [0.25, 0.3) is 0 Å². The molecule has 0 heterocycles. The predicted molar refractivity (Wildman–Crippen MR) is 43.6 cm³/mol. The maximum absolute atomic E-state index is 11.2. The van der Waals surface area contributed by atoms with E-state index < -0.39 is 5.92 Å². The van der Waals surface area contributed by atoms with Gasteiger partial charge >= 0.3 is 5.97 Å². The van der Waals surface area contributed by atoms with Gasteiger partial charge in [-0.3, -0.25) is 9.59 Å². The second-order valence-electron chi connectivity index (χ2n) is 3.40. The molecule has 0 spiro atoms. The zero-order valence-electron chi connectivity index (χ0n) is 7.50. The average Bonchev–Trinajstić information content (AvgIpc) is 2.33. The summed E-state index contributed by atoms with van der Waals surface area (Å²) >= 11 is 0. The lowest BCUT2D eigenvalue weighted by atomic mass is 10.1. The van der Waals surface area contributed by atoms with Crippen molar-refractivity contribution in [2.75, 3.05) is 0 Å². The third-order valence-corrected chi connectivity index (χ3v) is 1.94. The molecular formula is C9H14O3. The smallest absolute Gasteiger partial charge is 0.316 e. The molecule has 1 saturated carbocycles. The van der Waals surface area contributed by atoms with Gasteiger partial charge in [-0.15, -0.1) is 0 Å². The van der Waals surface area contributed by atoms with E-state index in [0.717, 1.165) is 6.42 Å². The number of hydrogen-bond donors (Lipinski definition) is 0. The SMILES string of the molecule is CC(C)OC(=O)C1CCCC1=O. The van der Waals surface area contributed by atoms with Crippen LogP contribution in [0.25, 0.3) is 0 Å². The van der Waals surface area contributed by atoms with Gasteiger partial charge in [0.15, 0.2) is 0 Å². The minimum atomic E-state index is -0.465. The number of carbonyl (C=O) groups excluding carboxylic acids is 2. The molecule has 0 saturated heterocycles. The first-order valence-corrected chi connectivity index (χ1v) is 4.34. The second kappa shape index (κ2) is 3.70. The molecule has 3 nitrogen and oxygen atoms in total. The maximum atomic E-state index is 11.2. The molecule has 1 unspecified atom stereocenters. The summed E-state index contributed by atoms with van der Waals surface area (Å²) < 4.78 is 4.94. The van der Waals surface area contributed by atoms with E-state index in [1.165, 1.54) is 0 Å². The van der Waals surface area contributed by atoms with Crippen LogP contribution in [0.15, 0.2) is 0 Å². The van der Waals surface area contributed by atoms with Crippen molar-refractivity contribution in [3.63, 3.8) is 0 Å². The Labute approximate surface area is 72.1 Å². The molecule has 0 bridgehead atoms. The summed E-state index contributed by atoms with van der Waals surface area (Å²) in [5.74, 6) is -0.763. The highest BCUT2D eigenvalue weighted by atomic mass is 16.5. The third kappa shape index (κ3) is 2.06. The quantitative estimate of drug-likeness (QED) is 0.463. The van der Waals surface area contributed by atoms with Gasteiger partial charge < -0.3 is 4.74 Å². The number of ketones is 1. The lowest BCUT2D eigenvalue weighted by Gasteiger charge is -2.10. The van der Waals surface area contributed by atoms with Crippen LogP contribution in [-0.4, -0.2) is 17.9 Å². The summed E-state index contributed by atoms with van der Waals surface area (Å²) in [5, 5.41) is 0. The summed E-state index contributed by atoms with van der Waals surface area (Å²) in [6.07, 6.45) is 1.92. The van der Waals surface area contributed by atoms with Gasteiger partial charge in [-0.2, -0.15) is 0 Å². The monoisotopic (exact) mass is 170 g/mol. The lowest BCUT2D eigenvalue weighted by Crippen LogP contribution is -2.23. The zero-order valence-corrected chi connectivity index (χ0v) is 7.50. The molecule has 1 fully saturated rings. The van der Waals surface area contributed by atoms with Gasteiger partial charge in [0.1, 0.15) is 11.7 Å². The second-order valence-corrected chi connectivity index (χ2v) is 3.40. The number of rotatable bonds is 2. The van der Waals surface area contributed by atoms with Crippen molar-refractivity contribution in [2.24, 2.45) is 5.92 Å². The Bertz CT molecular complexity index is 196. The number of esters is 1. The Morgan fingerprint density at radius 2 is 2.25 bits per heavy atom. The maximum Gasteiger partial charge on any atom is 0.316 e. The largest absolute Gasteiger partial charge is 0.462 e. The van der Waals surface area contributed by atoms with E-state index in [9.17, 15) is 9.59 Å². The normalized spacial score (nSPS) is 23.2. The van der Waals surface area contributed by atoms with Crippen molar-refractivity contribution in [2.45, 2.75) is 39.2 Å². The molecule has 0 radical (unpaired) electrons. The summed E-state index contributed by atoms with van der Waals surface area (Å²) in [6.45, 7) is 3.58. The minimum absolute atomic E-state index is 0.0423. The number of carbonyl (C=O) groups is 2. The third-order valence-electron chi connectivity index (χ3n) is 1.94. The Hall–Kier alpha value is -0.860. The first-order chi connectivity index (χ1) is 5.61. The molecule has 1 atom stereocenters. The average molecular weight is 170 g/mol. The van der Waals surface area contributed by atoms with Crippen LogP contribution in [0.5, 0.6) is 0 Å². The summed E-state index contributed by atoms with van der Waals surface area (Å²) in [6, 6.07) is 0. The molecule has 0 aromatic carbocycles. The molecular weight excluding hydrogens is 156 g/mol. The van der Waals surface area contributed by atoms with E-state index in [0.29, 0.717) is 12.8 Å². The van der Waals surface area contributed by atoms with Gasteiger partial charge in [-0.05, 0) is 26.7 Å². The topological polar surface area (TPSA) is 43.4 Å². The fourth-order valence-electron chi connectivity index (χ4n) is 1.38. The molecule has 0 aromatic rings. The number of ether oxygens (including phenoxy) is 1. The fourth-order valence-corrected chi connectivity index (χ4v) is 1.38. The molecule has 3 heteroatoms. The van der Waals surface area contributed by atoms with Crippen LogP contribution in [0.2, 0.25) is 0 Å². The van der Waals surface area contributed by atoms with Gasteiger partial charge in [0.2, 0.25) is 0 Å². The molecule has 12 heavy (non-hydrogen) atoms. The highest BCUT2D eigenvalue weighted by molar-refractivity contribution is 6.00. The highest BCUT2D eigenvalue weighted by Gasteiger charge is 2.32. The van der Waals surface area contributed by atoms with Crippen molar-refractivity contribution in [3.05, 3.63) is 0 Å². The first-order valence-electron chi connectivity index (χ1n) is 4.34. The molecule has 1 aliphatic carbocycles. The van der Waals surface area contributed by atoms with E-state index in [-0.39, 0.29) is 17.9 Å². The standard InChI is InChI=1S/C9H14O3/c1-6(2)12-9(11)7-4-3-5-8(7)10/h6-7H,3-5H2,1-2H3. The van der Waals surface area contributed by atoms with E-state index >= 15 is 0 Å². The summed E-state index contributed by atoms with van der Waals surface area (Å²) in [4.78, 5) is 22.3. The fraction of sp³-hybridized carbons (Fsp3) is 0.778. The van der Waals surface area contributed by atoms with Gasteiger partial charge in [-0.25, -0.2) is 0 Å². The molecule has 1 aliphatic rings. The molecule has 0 N–H and O–H groups in total. The molecule has 1 rings (SSSR count). The van der Waals surface area contributed by atoms with Crippen molar-refractivity contribution in [1.29, 1.82) is 0 Å². The molecule has 0 aliphatic heterocycles. The van der Waals surface area contributed by atoms with Gasteiger partial charge in [0.05, 0.1) is 6.10 Å². The summed E-state index contributed by atoms with van der Waals surface area (Å²) in [7, 11) is 0. The van der Waals surface area contributed by atoms with Crippen molar-refractivity contribution >= 4 is 11.8 Å². The van der Waals surface area contributed by atoms with Crippen LogP contribution in [-0.2, 0) is 14.3 Å². The van der Waals surface area contributed by atoms with Crippen LogP contribution >= 0.6 is 0 Å². The first kappa shape index (κ1) is 9.23. The van der Waals surface area contributed by atoms with Crippen molar-refractivity contribution in [3.8, 4) is 0 Å². The molecule has 0 aromatic heterocycles. The number of hydrogen-bond acceptors (Lipinski definition) is 3. The van der Waals surface area contributed by atoms with Crippen LogP contribution in [0.3, 0.4) is 0 Å². The highest BCUT2D eigenvalue weighted by Crippen LogP contribution is 2.22. The van der Waals surface area contributed by atoms with Crippen LogP contribution in [0, 0.1) is 5.92 Å². The van der Waals surface area contributed by atoms with E-state index in [4.69, 9.17) is 4.74 Å². The number of Topliss-reactive ketones (excluding diaryl/α,β-unsaturated/α-hetero) is 1. The van der Waals surface area contributed by atoms with Gasteiger partial charge in [0, 0.05) is 6.42 Å². The Balaban J connectivity index is 2.46. The Kier molecular flexibility index (Phi) is 2.84. The minimum Gasteiger partial charge on any atom is -0.462 e. The molecule has 0 amide bonds. The zero-order chi connectivity index (χ0) is 9.14.